The van der Waals surface area contributed by atoms with Gasteiger partial charge >= 0.3 is 0 Å². The van der Waals surface area contributed by atoms with Gasteiger partial charge in [0.05, 0.1) is 13.7 Å². The molecule has 0 atom stereocenters. The molecule has 1 N–H and O–H groups in total. The molecule has 2 rings (SSSR count). The first-order valence-corrected chi connectivity index (χ1v) is 9.55. The number of hydrogen-bond acceptors (Lipinski definition) is 3. The Kier molecular flexibility index (Phi) is 8.43. The second-order valence-electron chi connectivity index (χ2n) is 6.38. The maximum Gasteiger partial charge on any atom is 0.248 e. The monoisotopic (exact) mass is 367 g/mol. The summed E-state index contributed by atoms with van der Waals surface area (Å²) in [6, 6.07) is 13.6. The van der Waals surface area contributed by atoms with Crippen molar-refractivity contribution >= 4 is 17.7 Å². The topological polar surface area (TPSA) is 47.6 Å². The Balaban J connectivity index is 1.95. The number of ether oxygens (including phenoxy) is 2. The lowest BCUT2D eigenvalue weighted by molar-refractivity contribution is -0.111. The minimum atomic E-state index is -0.165. The molecule has 0 bridgehead atoms. The summed E-state index contributed by atoms with van der Waals surface area (Å²) >= 11 is 0. The summed E-state index contributed by atoms with van der Waals surface area (Å²) in [6.07, 6.45) is 7.65. The van der Waals surface area contributed by atoms with Crippen LogP contribution in [0.2, 0.25) is 0 Å². The van der Waals surface area contributed by atoms with Crippen molar-refractivity contribution in [2.24, 2.45) is 0 Å². The molecule has 4 heteroatoms. The van der Waals surface area contributed by atoms with E-state index in [9.17, 15) is 4.79 Å². The summed E-state index contributed by atoms with van der Waals surface area (Å²) < 4.78 is 11.0. The summed E-state index contributed by atoms with van der Waals surface area (Å²) in [7, 11) is 1.61. The highest BCUT2D eigenvalue weighted by atomic mass is 16.5. The van der Waals surface area contributed by atoms with Gasteiger partial charge in [-0.3, -0.25) is 4.79 Å². The zero-order valence-corrected chi connectivity index (χ0v) is 16.5. The molecule has 1 amide bonds. The van der Waals surface area contributed by atoms with Crippen molar-refractivity contribution in [3.8, 4) is 11.5 Å². The summed E-state index contributed by atoms with van der Waals surface area (Å²) in [6.45, 7) is 4.88. The second-order valence-corrected chi connectivity index (χ2v) is 6.38. The zero-order chi connectivity index (χ0) is 19.5. The molecule has 0 aromatic heterocycles. The van der Waals surface area contributed by atoms with E-state index >= 15 is 0 Å². The molecule has 0 saturated heterocycles. The number of amides is 1. The molecule has 0 saturated carbocycles. The smallest absolute Gasteiger partial charge is 0.248 e. The Morgan fingerprint density at radius 3 is 2.48 bits per heavy atom. The Labute approximate surface area is 162 Å². The van der Waals surface area contributed by atoms with Gasteiger partial charge in [-0.1, -0.05) is 38.5 Å². The Bertz CT molecular complexity index is 751. The van der Waals surface area contributed by atoms with Crippen molar-refractivity contribution in [2.45, 2.75) is 39.5 Å². The number of nitrogens with one attached hydrogen (secondary N) is 1. The van der Waals surface area contributed by atoms with Crippen molar-refractivity contribution in [1.82, 2.24) is 0 Å². The molecule has 0 aliphatic carbocycles. The molecule has 0 fully saturated rings. The number of methoxy groups -OCH3 is 1. The van der Waals surface area contributed by atoms with Crippen LogP contribution in [0, 0.1) is 0 Å². The highest BCUT2D eigenvalue weighted by Gasteiger charge is 2.05. The van der Waals surface area contributed by atoms with Crippen LogP contribution < -0.4 is 14.8 Å². The van der Waals surface area contributed by atoms with E-state index in [1.54, 1.807) is 13.2 Å². The number of carbonyl (C=O) groups excluding carboxylic acids is 1. The van der Waals surface area contributed by atoms with E-state index in [0.29, 0.717) is 18.1 Å². The fourth-order valence-corrected chi connectivity index (χ4v) is 2.61. The van der Waals surface area contributed by atoms with Gasteiger partial charge in [0.2, 0.25) is 5.91 Å². The number of aryl methyl sites for hydroxylation is 1. The number of rotatable bonds is 10. The lowest BCUT2D eigenvalue weighted by Crippen LogP contribution is -2.07. The van der Waals surface area contributed by atoms with Gasteiger partial charge in [0.25, 0.3) is 0 Å². The quantitative estimate of drug-likeness (QED) is 0.566. The Hall–Kier alpha value is -2.75. The minimum absolute atomic E-state index is 0.165. The first-order valence-electron chi connectivity index (χ1n) is 9.55. The van der Waals surface area contributed by atoms with Crippen molar-refractivity contribution in [3.05, 3.63) is 59.7 Å². The van der Waals surface area contributed by atoms with Gasteiger partial charge in [-0.15, -0.1) is 0 Å². The van der Waals surface area contributed by atoms with Gasteiger partial charge in [0, 0.05) is 11.8 Å². The van der Waals surface area contributed by atoms with Crippen molar-refractivity contribution in [3.63, 3.8) is 0 Å². The van der Waals surface area contributed by atoms with Crippen LogP contribution in [0.1, 0.15) is 44.2 Å². The van der Waals surface area contributed by atoms with Crippen molar-refractivity contribution < 1.29 is 14.3 Å². The molecule has 27 heavy (non-hydrogen) atoms. The van der Waals surface area contributed by atoms with Crippen LogP contribution in [-0.2, 0) is 11.2 Å². The van der Waals surface area contributed by atoms with Crippen LogP contribution in [0.25, 0.3) is 6.08 Å². The molecule has 0 spiro atoms. The lowest BCUT2D eigenvalue weighted by Gasteiger charge is -2.10. The van der Waals surface area contributed by atoms with Gasteiger partial charge in [-0.2, -0.15) is 0 Å². The summed E-state index contributed by atoms with van der Waals surface area (Å²) in [4.78, 5) is 12.2. The summed E-state index contributed by atoms with van der Waals surface area (Å²) in [5.41, 5.74) is 2.97. The van der Waals surface area contributed by atoms with Crippen LogP contribution in [0.5, 0.6) is 11.5 Å². The van der Waals surface area contributed by atoms with Crippen LogP contribution in [0.15, 0.2) is 48.5 Å². The number of hydrogen-bond donors (Lipinski definition) is 1. The van der Waals surface area contributed by atoms with Crippen molar-refractivity contribution in [2.75, 3.05) is 19.0 Å². The fourth-order valence-electron chi connectivity index (χ4n) is 2.61. The molecule has 0 aliphatic rings. The molecule has 144 valence electrons. The van der Waals surface area contributed by atoms with E-state index in [2.05, 4.69) is 31.3 Å². The minimum Gasteiger partial charge on any atom is -0.493 e. The van der Waals surface area contributed by atoms with E-state index in [1.807, 2.05) is 30.3 Å². The van der Waals surface area contributed by atoms with Crippen LogP contribution >= 0.6 is 0 Å². The van der Waals surface area contributed by atoms with Crippen LogP contribution in [0.3, 0.4) is 0 Å². The highest BCUT2D eigenvalue weighted by Crippen LogP contribution is 2.28. The fraction of sp³-hybridized carbons (Fsp3) is 0.348. The third kappa shape index (κ3) is 6.81. The first kappa shape index (κ1) is 20.6. The summed E-state index contributed by atoms with van der Waals surface area (Å²) in [5.74, 6) is 1.21. The molecule has 0 aliphatic heterocycles. The third-order valence-corrected chi connectivity index (χ3v) is 4.12. The van der Waals surface area contributed by atoms with E-state index in [1.165, 1.54) is 24.5 Å². The van der Waals surface area contributed by atoms with E-state index < -0.39 is 0 Å². The standard InChI is InChI=1S/C23H29NO3/c1-4-6-7-18-8-12-20(13-9-18)24-23(25)15-11-19-10-14-21(27-16-5-2)22(17-19)26-3/h8-15,17H,4-7,16H2,1-3H3,(H,24,25). The van der Waals surface area contributed by atoms with Gasteiger partial charge in [-0.25, -0.2) is 0 Å². The van der Waals surface area contributed by atoms with Crippen LogP contribution in [-0.4, -0.2) is 19.6 Å². The number of carbonyl (C=O) groups is 1. The SMILES string of the molecule is CCCCc1ccc(NC(=O)C=Cc2ccc(OCCC)c(OC)c2)cc1. The number of benzene rings is 2. The average molecular weight is 367 g/mol. The molecular weight excluding hydrogens is 338 g/mol. The predicted octanol–water partition coefficient (Wildman–Crippen LogP) is 5.48. The highest BCUT2D eigenvalue weighted by molar-refractivity contribution is 6.01. The van der Waals surface area contributed by atoms with Gasteiger partial charge in [-0.05, 0) is 60.7 Å². The second kappa shape index (κ2) is 11.1. The molecule has 0 radical (unpaired) electrons. The van der Waals surface area contributed by atoms with Gasteiger partial charge in [0.15, 0.2) is 11.5 Å². The van der Waals surface area contributed by atoms with E-state index in [4.69, 9.17) is 9.47 Å². The molecular formula is C23H29NO3. The van der Waals surface area contributed by atoms with Crippen LogP contribution in [0.4, 0.5) is 5.69 Å². The van der Waals surface area contributed by atoms with E-state index in [-0.39, 0.29) is 5.91 Å². The number of unbranched alkanes of at least 4 members (excludes halogenated alkanes) is 1. The van der Waals surface area contributed by atoms with Crippen molar-refractivity contribution in [1.29, 1.82) is 0 Å². The zero-order valence-electron chi connectivity index (χ0n) is 16.5. The maximum atomic E-state index is 12.2. The molecule has 0 heterocycles. The molecule has 0 unspecified atom stereocenters. The lowest BCUT2D eigenvalue weighted by atomic mass is 10.1. The molecule has 2 aromatic rings. The van der Waals surface area contributed by atoms with E-state index in [0.717, 1.165) is 24.1 Å². The Morgan fingerprint density at radius 1 is 1.04 bits per heavy atom. The average Bonchev–Trinajstić information content (AvgIpc) is 2.70. The first-order chi connectivity index (χ1) is 13.2. The third-order valence-electron chi connectivity index (χ3n) is 4.12. The predicted molar refractivity (Wildman–Crippen MR) is 111 cm³/mol. The summed E-state index contributed by atoms with van der Waals surface area (Å²) in [5, 5.41) is 2.88. The van der Waals surface area contributed by atoms with Gasteiger partial charge < -0.3 is 14.8 Å². The molecule has 4 nitrogen and oxygen atoms in total. The normalized spacial score (nSPS) is 10.8. The molecule has 2 aromatic carbocycles. The number of anilines is 1. The largest absolute Gasteiger partial charge is 0.493 e. The van der Waals surface area contributed by atoms with Gasteiger partial charge in [0.1, 0.15) is 0 Å². The Morgan fingerprint density at radius 2 is 1.81 bits per heavy atom. The maximum absolute atomic E-state index is 12.2.